The number of thiophene rings is 1. The Balaban J connectivity index is 1.99. The number of carbonyl (C=O) groups excluding carboxylic acids is 3. The monoisotopic (exact) mass is 390 g/mol. The van der Waals surface area contributed by atoms with Gasteiger partial charge < -0.3 is 14.6 Å². The fourth-order valence-corrected chi connectivity index (χ4v) is 4.04. The Kier molecular flexibility index (Phi) is 6.96. The van der Waals surface area contributed by atoms with Gasteiger partial charge in [-0.15, -0.1) is 11.3 Å². The molecule has 1 atom stereocenters. The van der Waals surface area contributed by atoms with Gasteiger partial charge in [0.15, 0.2) is 6.61 Å². The van der Waals surface area contributed by atoms with Crippen LogP contribution in [0.3, 0.4) is 0 Å². The minimum absolute atomic E-state index is 0.0155. The van der Waals surface area contributed by atoms with Crippen molar-refractivity contribution in [3.8, 4) is 0 Å². The number of aromatic nitrogens is 1. The van der Waals surface area contributed by atoms with E-state index in [1.54, 1.807) is 0 Å². The lowest BCUT2D eigenvalue weighted by Gasteiger charge is -2.16. The van der Waals surface area contributed by atoms with Crippen LogP contribution in [0.2, 0.25) is 0 Å². The Labute approximate surface area is 163 Å². The fourth-order valence-electron chi connectivity index (χ4n) is 3.26. The molecule has 0 aliphatic rings. The molecule has 27 heavy (non-hydrogen) atoms. The summed E-state index contributed by atoms with van der Waals surface area (Å²) in [6.07, 6.45) is -0.0155. The van der Waals surface area contributed by atoms with E-state index >= 15 is 0 Å². The van der Waals surface area contributed by atoms with Crippen LogP contribution in [0.15, 0.2) is 23.6 Å². The molecule has 0 bridgehead atoms. The van der Waals surface area contributed by atoms with Crippen molar-refractivity contribution >= 4 is 29.0 Å². The molecule has 0 aromatic carbocycles. The minimum atomic E-state index is -0.520. The molecule has 0 spiro atoms. The third-order valence-corrected chi connectivity index (χ3v) is 5.29. The zero-order valence-corrected chi connectivity index (χ0v) is 17.2. The molecule has 0 aliphatic carbocycles. The molecule has 2 rings (SSSR count). The maximum Gasteiger partial charge on any atom is 0.308 e. The number of Topliss-reactive ketones (excluding diaryl/α,β-unsaturated/α-hetero) is 1. The van der Waals surface area contributed by atoms with E-state index in [9.17, 15) is 14.4 Å². The van der Waals surface area contributed by atoms with Gasteiger partial charge in [0.25, 0.3) is 0 Å². The Bertz CT molecular complexity index is 821. The normalized spacial score (nSPS) is 12.1. The first-order valence-corrected chi connectivity index (χ1v) is 9.76. The predicted molar refractivity (Wildman–Crippen MR) is 105 cm³/mol. The predicted octanol–water partition coefficient (Wildman–Crippen LogP) is 3.74. The fraction of sp³-hybridized carbons (Fsp3) is 0.450. The van der Waals surface area contributed by atoms with E-state index in [0.29, 0.717) is 5.56 Å². The highest BCUT2D eigenvalue weighted by atomic mass is 32.1. The van der Waals surface area contributed by atoms with Crippen LogP contribution in [-0.4, -0.2) is 28.8 Å². The number of ketones is 1. The molecule has 1 N–H and O–H groups in total. The Morgan fingerprint density at radius 2 is 1.96 bits per heavy atom. The quantitative estimate of drug-likeness (QED) is 0.550. The van der Waals surface area contributed by atoms with Crippen LogP contribution in [0.25, 0.3) is 0 Å². The number of amides is 1. The number of hydrogen-bond acceptors (Lipinski definition) is 5. The Morgan fingerprint density at radius 3 is 2.48 bits per heavy atom. The molecule has 0 radical (unpaired) electrons. The van der Waals surface area contributed by atoms with Crippen molar-refractivity contribution in [1.29, 1.82) is 0 Å². The van der Waals surface area contributed by atoms with Crippen molar-refractivity contribution in [1.82, 2.24) is 9.88 Å². The summed E-state index contributed by atoms with van der Waals surface area (Å²) in [5.74, 6) is -0.970. The third kappa shape index (κ3) is 5.29. The maximum atomic E-state index is 12.5. The lowest BCUT2D eigenvalue weighted by molar-refractivity contribution is -0.143. The van der Waals surface area contributed by atoms with E-state index in [0.717, 1.165) is 16.3 Å². The highest BCUT2D eigenvalue weighted by Gasteiger charge is 2.21. The summed E-state index contributed by atoms with van der Waals surface area (Å²) in [7, 11) is 0. The summed E-state index contributed by atoms with van der Waals surface area (Å²) in [5.41, 5.74) is 2.45. The number of hydrogen-bond donors (Lipinski definition) is 1. The van der Waals surface area contributed by atoms with Crippen LogP contribution in [0.5, 0.6) is 0 Å². The molecule has 2 aromatic rings. The van der Waals surface area contributed by atoms with Crippen molar-refractivity contribution in [3.05, 3.63) is 45.4 Å². The molecule has 0 aliphatic heterocycles. The molecule has 2 heterocycles. The molecule has 7 heteroatoms. The zero-order valence-electron chi connectivity index (χ0n) is 16.4. The van der Waals surface area contributed by atoms with Crippen molar-refractivity contribution in [2.75, 3.05) is 6.61 Å². The minimum Gasteiger partial charge on any atom is -0.457 e. The van der Waals surface area contributed by atoms with Gasteiger partial charge in [-0.05, 0) is 45.2 Å². The molecule has 0 saturated heterocycles. The molecule has 6 nitrogen and oxygen atoms in total. The molecule has 1 amide bonds. The molecule has 0 saturated carbocycles. The van der Waals surface area contributed by atoms with E-state index in [-0.39, 0.29) is 30.8 Å². The lowest BCUT2D eigenvalue weighted by Crippen LogP contribution is -2.28. The first-order chi connectivity index (χ1) is 12.7. The zero-order chi connectivity index (χ0) is 20.1. The highest BCUT2D eigenvalue weighted by Crippen LogP contribution is 2.23. The van der Waals surface area contributed by atoms with Gasteiger partial charge in [0.05, 0.1) is 12.5 Å². The maximum absolute atomic E-state index is 12.5. The number of ether oxygens (including phenoxy) is 1. The van der Waals surface area contributed by atoms with Crippen LogP contribution in [0.4, 0.5) is 0 Å². The average Bonchev–Trinajstić information content (AvgIpc) is 3.19. The van der Waals surface area contributed by atoms with E-state index in [2.05, 4.69) is 23.7 Å². The number of nitrogens with zero attached hydrogens (tertiary/aromatic N) is 1. The average molecular weight is 391 g/mol. The smallest absolute Gasteiger partial charge is 0.308 e. The van der Waals surface area contributed by atoms with Crippen LogP contribution in [0.1, 0.15) is 65.9 Å². The first kappa shape index (κ1) is 20.9. The van der Waals surface area contributed by atoms with Crippen LogP contribution >= 0.6 is 11.3 Å². The van der Waals surface area contributed by atoms with Crippen LogP contribution in [-0.2, 0) is 14.3 Å². The summed E-state index contributed by atoms with van der Waals surface area (Å²) >= 11 is 1.45. The van der Waals surface area contributed by atoms with Gasteiger partial charge in [0.2, 0.25) is 11.7 Å². The van der Waals surface area contributed by atoms with Crippen LogP contribution in [0, 0.1) is 13.8 Å². The molecular formula is C20H26N2O4S. The van der Waals surface area contributed by atoms with Crippen molar-refractivity contribution in [2.45, 2.75) is 53.1 Å². The van der Waals surface area contributed by atoms with Gasteiger partial charge in [0.1, 0.15) is 0 Å². The van der Waals surface area contributed by atoms with Gasteiger partial charge in [-0.1, -0.05) is 6.07 Å². The Morgan fingerprint density at radius 1 is 1.26 bits per heavy atom. The number of carbonyl (C=O) groups is 3. The first-order valence-electron chi connectivity index (χ1n) is 8.88. The largest absolute Gasteiger partial charge is 0.457 e. The highest BCUT2D eigenvalue weighted by molar-refractivity contribution is 7.10. The molecule has 146 valence electrons. The van der Waals surface area contributed by atoms with Gasteiger partial charge in [-0.3, -0.25) is 14.4 Å². The number of aryl methyl sites for hydroxylation is 1. The summed E-state index contributed by atoms with van der Waals surface area (Å²) in [5, 5.41) is 4.63. The SMILES string of the molecule is CC(=O)NC(CC(=O)OCC(=O)c1cc(C)n(C(C)C)c1C)c1cccs1. The molecule has 0 fully saturated rings. The Hall–Kier alpha value is -2.41. The van der Waals surface area contributed by atoms with E-state index in [1.165, 1.54) is 18.3 Å². The second-order valence-corrected chi connectivity index (χ2v) is 7.78. The van der Waals surface area contributed by atoms with Crippen molar-refractivity contribution in [3.63, 3.8) is 0 Å². The van der Waals surface area contributed by atoms with E-state index < -0.39 is 12.0 Å². The second-order valence-electron chi connectivity index (χ2n) is 6.81. The summed E-state index contributed by atoms with van der Waals surface area (Å²) < 4.78 is 7.27. The number of esters is 1. The molecule has 2 aromatic heterocycles. The summed E-state index contributed by atoms with van der Waals surface area (Å²) in [6, 6.07) is 5.34. The summed E-state index contributed by atoms with van der Waals surface area (Å²) in [4.78, 5) is 37.0. The molecule has 1 unspecified atom stereocenters. The van der Waals surface area contributed by atoms with E-state index in [4.69, 9.17) is 4.74 Å². The van der Waals surface area contributed by atoms with Crippen molar-refractivity contribution < 1.29 is 19.1 Å². The van der Waals surface area contributed by atoms with Gasteiger partial charge >= 0.3 is 5.97 Å². The van der Waals surface area contributed by atoms with E-state index in [1.807, 2.05) is 37.4 Å². The second kappa shape index (κ2) is 8.99. The van der Waals surface area contributed by atoms with Gasteiger partial charge in [0, 0.05) is 34.8 Å². The lowest BCUT2D eigenvalue weighted by atomic mass is 10.1. The third-order valence-electron chi connectivity index (χ3n) is 4.30. The standard InChI is InChI=1S/C20H26N2O4S/c1-12(2)22-13(3)9-16(14(22)4)18(24)11-26-20(25)10-17(21-15(5)23)19-7-6-8-27-19/h6-9,12,17H,10-11H2,1-5H3,(H,21,23). The van der Waals surface area contributed by atoms with Crippen molar-refractivity contribution in [2.24, 2.45) is 0 Å². The summed E-state index contributed by atoms with van der Waals surface area (Å²) in [6.45, 7) is 9.06. The van der Waals surface area contributed by atoms with Gasteiger partial charge in [-0.2, -0.15) is 0 Å². The molecular weight excluding hydrogens is 364 g/mol. The van der Waals surface area contributed by atoms with Gasteiger partial charge in [-0.25, -0.2) is 0 Å². The number of nitrogens with one attached hydrogen (secondary N) is 1. The van der Waals surface area contributed by atoms with Crippen LogP contribution < -0.4 is 5.32 Å². The number of rotatable bonds is 8. The topological polar surface area (TPSA) is 77.4 Å².